The van der Waals surface area contributed by atoms with Gasteiger partial charge in [-0.05, 0) is 42.8 Å². The highest BCUT2D eigenvalue weighted by Crippen LogP contribution is 2.36. The smallest absolute Gasteiger partial charge is 0.331 e. The molecule has 0 fully saturated rings. The van der Waals surface area contributed by atoms with Crippen LogP contribution in [0.25, 0.3) is 17.7 Å². The molecule has 0 aliphatic carbocycles. The summed E-state index contributed by atoms with van der Waals surface area (Å²) in [5.74, 6) is 1.14. The molecule has 0 amide bonds. The summed E-state index contributed by atoms with van der Waals surface area (Å²) in [6.07, 6.45) is 4.31. The van der Waals surface area contributed by atoms with E-state index in [2.05, 4.69) is 10.2 Å². The molecule has 0 spiro atoms. The summed E-state index contributed by atoms with van der Waals surface area (Å²) in [5, 5.41) is 8.00. The Morgan fingerprint density at radius 2 is 2.18 bits per heavy atom. The monoisotopic (exact) mass is 404 g/mol. The molecule has 2 aromatic heterocycles. The Bertz CT molecular complexity index is 965. The molecule has 0 bridgehead atoms. The van der Waals surface area contributed by atoms with Crippen molar-refractivity contribution in [3.05, 3.63) is 53.1 Å². The Kier molecular flexibility index (Phi) is 6.33. The molecule has 0 saturated carbocycles. The number of nitrogens with zero attached hydrogens (tertiary/aromatic N) is 2. The van der Waals surface area contributed by atoms with E-state index in [-0.39, 0.29) is 18.4 Å². The van der Waals surface area contributed by atoms with Gasteiger partial charge in [-0.15, -0.1) is 10.2 Å². The van der Waals surface area contributed by atoms with Crippen LogP contribution in [0.1, 0.15) is 18.4 Å². The molecule has 0 saturated heterocycles. The van der Waals surface area contributed by atoms with Crippen LogP contribution < -0.4 is 9.47 Å². The number of methoxy groups -OCH3 is 1. The average Bonchev–Trinajstić information content (AvgIpc) is 3.36. The first-order valence-corrected chi connectivity index (χ1v) is 8.70. The van der Waals surface area contributed by atoms with Crippen molar-refractivity contribution in [3.8, 4) is 23.1 Å². The largest absolute Gasteiger partial charge is 0.491 e. The summed E-state index contributed by atoms with van der Waals surface area (Å²) in [4.78, 5) is 11.9. The van der Waals surface area contributed by atoms with Crippen LogP contribution in [0, 0.1) is 0 Å². The zero-order valence-corrected chi connectivity index (χ0v) is 15.9. The lowest BCUT2D eigenvalue weighted by Crippen LogP contribution is -2.01. The zero-order valence-electron chi connectivity index (χ0n) is 15.2. The molecule has 3 aromatic rings. The Balaban J connectivity index is 1.61. The number of carbonyl (C=O) groups is 1. The van der Waals surface area contributed by atoms with Gasteiger partial charge in [-0.1, -0.05) is 11.6 Å². The van der Waals surface area contributed by atoms with Crippen LogP contribution >= 0.6 is 11.6 Å². The fourth-order valence-electron chi connectivity index (χ4n) is 2.30. The number of rotatable bonds is 8. The molecule has 9 heteroatoms. The van der Waals surface area contributed by atoms with Crippen molar-refractivity contribution in [1.82, 2.24) is 10.2 Å². The van der Waals surface area contributed by atoms with E-state index in [1.165, 1.54) is 19.4 Å². The maximum absolute atomic E-state index is 11.9. The van der Waals surface area contributed by atoms with Crippen molar-refractivity contribution in [1.29, 1.82) is 0 Å². The van der Waals surface area contributed by atoms with Crippen molar-refractivity contribution < 1.29 is 27.8 Å². The van der Waals surface area contributed by atoms with Crippen LogP contribution in [0.4, 0.5) is 0 Å². The minimum atomic E-state index is -0.581. The first-order chi connectivity index (χ1) is 13.6. The molecule has 0 aliphatic rings. The highest BCUT2D eigenvalue weighted by atomic mass is 35.5. The van der Waals surface area contributed by atoms with Gasteiger partial charge in [0, 0.05) is 6.08 Å². The minimum Gasteiger partial charge on any atom is -0.491 e. The van der Waals surface area contributed by atoms with E-state index in [1.807, 2.05) is 6.92 Å². The van der Waals surface area contributed by atoms with E-state index in [4.69, 9.17) is 34.6 Å². The number of furan rings is 1. The molecule has 0 N–H and O–H groups in total. The maximum Gasteiger partial charge on any atom is 0.331 e. The highest BCUT2D eigenvalue weighted by molar-refractivity contribution is 6.32. The van der Waals surface area contributed by atoms with Gasteiger partial charge in [-0.25, -0.2) is 4.79 Å². The summed E-state index contributed by atoms with van der Waals surface area (Å²) >= 11 is 6.18. The molecule has 8 nitrogen and oxygen atoms in total. The van der Waals surface area contributed by atoms with Crippen molar-refractivity contribution in [2.45, 2.75) is 13.5 Å². The number of ether oxygens (including phenoxy) is 3. The third-order valence-electron chi connectivity index (χ3n) is 3.48. The Hall–Kier alpha value is -3.26. The first-order valence-electron chi connectivity index (χ1n) is 8.32. The highest BCUT2D eigenvalue weighted by Gasteiger charge is 2.13. The van der Waals surface area contributed by atoms with E-state index < -0.39 is 5.97 Å². The number of hydrogen-bond donors (Lipinski definition) is 0. The predicted molar refractivity (Wildman–Crippen MR) is 100 cm³/mol. The van der Waals surface area contributed by atoms with E-state index in [9.17, 15) is 4.79 Å². The summed E-state index contributed by atoms with van der Waals surface area (Å²) in [6.45, 7) is 2.14. The van der Waals surface area contributed by atoms with Crippen LogP contribution in [-0.2, 0) is 16.1 Å². The standard InChI is InChI=1S/C19H17ClN2O6/c1-3-25-15-10-12(9-13(20)18(15)24-2)6-7-17(23)27-11-16-21-22-19(28-16)14-5-4-8-26-14/h4-10H,3,11H2,1-2H3/b7-6+. The lowest BCUT2D eigenvalue weighted by molar-refractivity contribution is -0.139. The molecular formula is C19H17ClN2O6. The molecule has 0 radical (unpaired) electrons. The van der Waals surface area contributed by atoms with Crippen LogP contribution in [0.5, 0.6) is 11.5 Å². The summed E-state index contributed by atoms with van der Waals surface area (Å²) in [5.41, 5.74) is 0.657. The molecular weight excluding hydrogens is 388 g/mol. The second kappa shape index (κ2) is 9.09. The number of hydrogen-bond acceptors (Lipinski definition) is 8. The first kappa shape index (κ1) is 19.5. The van der Waals surface area contributed by atoms with Gasteiger partial charge in [-0.3, -0.25) is 0 Å². The minimum absolute atomic E-state index is 0.152. The van der Waals surface area contributed by atoms with Crippen molar-refractivity contribution in [2.24, 2.45) is 0 Å². The molecule has 28 heavy (non-hydrogen) atoms. The van der Waals surface area contributed by atoms with E-state index in [1.54, 1.807) is 30.3 Å². The predicted octanol–water partition coefficient (Wildman–Crippen LogP) is 4.15. The van der Waals surface area contributed by atoms with Crippen LogP contribution in [-0.4, -0.2) is 29.9 Å². The van der Waals surface area contributed by atoms with Gasteiger partial charge in [-0.2, -0.15) is 0 Å². The lowest BCUT2D eigenvalue weighted by Gasteiger charge is -2.11. The van der Waals surface area contributed by atoms with Crippen LogP contribution in [0.15, 0.2) is 45.4 Å². The molecule has 0 aliphatic heterocycles. The molecule has 0 atom stereocenters. The van der Waals surface area contributed by atoms with E-state index in [0.29, 0.717) is 34.5 Å². The fourth-order valence-corrected chi connectivity index (χ4v) is 2.60. The second-order valence-corrected chi connectivity index (χ2v) is 5.79. The van der Waals surface area contributed by atoms with Crippen molar-refractivity contribution in [2.75, 3.05) is 13.7 Å². The Labute approximate surface area is 165 Å². The zero-order chi connectivity index (χ0) is 19.9. The number of benzene rings is 1. The van der Waals surface area contributed by atoms with Gasteiger partial charge in [0.1, 0.15) is 0 Å². The quantitative estimate of drug-likeness (QED) is 0.408. The van der Waals surface area contributed by atoms with E-state index in [0.717, 1.165) is 0 Å². The fraction of sp³-hybridized carbons (Fsp3) is 0.211. The van der Waals surface area contributed by atoms with Crippen LogP contribution in [0.3, 0.4) is 0 Å². The maximum atomic E-state index is 11.9. The average molecular weight is 405 g/mol. The van der Waals surface area contributed by atoms with Gasteiger partial charge in [0.2, 0.25) is 0 Å². The number of halogens is 1. The number of esters is 1. The van der Waals surface area contributed by atoms with Gasteiger partial charge in [0.05, 0.1) is 25.0 Å². The Morgan fingerprint density at radius 1 is 1.32 bits per heavy atom. The van der Waals surface area contributed by atoms with E-state index >= 15 is 0 Å². The summed E-state index contributed by atoms with van der Waals surface area (Å²) in [7, 11) is 1.51. The van der Waals surface area contributed by atoms with Crippen molar-refractivity contribution in [3.63, 3.8) is 0 Å². The molecule has 0 unspecified atom stereocenters. The van der Waals surface area contributed by atoms with Gasteiger partial charge >= 0.3 is 5.97 Å². The van der Waals surface area contributed by atoms with Gasteiger partial charge in [0.15, 0.2) is 23.9 Å². The third-order valence-corrected chi connectivity index (χ3v) is 3.77. The topological polar surface area (TPSA) is 96.8 Å². The van der Waals surface area contributed by atoms with Gasteiger partial charge < -0.3 is 23.0 Å². The normalized spacial score (nSPS) is 11.0. The molecule has 3 rings (SSSR count). The molecule has 1 aromatic carbocycles. The summed E-state index contributed by atoms with van der Waals surface area (Å²) < 4.78 is 26.3. The molecule has 2 heterocycles. The lowest BCUT2D eigenvalue weighted by atomic mass is 10.2. The number of aromatic nitrogens is 2. The SMILES string of the molecule is CCOc1cc(/C=C/C(=O)OCc2nnc(-c3ccco3)o2)cc(Cl)c1OC. The van der Waals surface area contributed by atoms with Crippen LogP contribution in [0.2, 0.25) is 5.02 Å². The summed E-state index contributed by atoms with van der Waals surface area (Å²) in [6, 6.07) is 6.75. The second-order valence-electron chi connectivity index (χ2n) is 5.39. The van der Waals surface area contributed by atoms with Gasteiger partial charge in [0.25, 0.3) is 11.8 Å². The third kappa shape index (κ3) is 4.72. The molecule has 146 valence electrons. The van der Waals surface area contributed by atoms with Crippen molar-refractivity contribution >= 4 is 23.6 Å². The Morgan fingerprint density at radius 3 is 2.89 bits per heavy atom. The number of carbonyl (C=O) groups excluding carboxylic acids is 1.